The number of aryl methyl sites for hydroxylation is 2. The third kappa shape index (κ3) is 5.14. The van der Waals surface area contributed by atoms with Gasteiger partial charge in [-0.1, -0.05) is 33.3 Å². The minimum atomic E-state index is 0.488. The van der Waals surface area contributed by atoms with Gasteiger partial charge in [0.1, 0.15) is 0 Å². The van der Waals surface area contributed by atoms with E-state index >= 15 is 0 Å². The van der Waals surface area contributed by atoms with Crippen LogP contribution in [0.2, 0.25) is 0 Å². The molecule has 2 heteroatoms. The number of anilines is 2. The SMILES string of the molecule is CCCCc1cc(C)c(N)cc1NC(C)CC(C)C. The van der Waals surface area contributed by atoms with Gasteiger partial charge in [0.15, 0.2) is 0 Å². The molecule has 0 radical (unpaired) electrons. The Morgan fingerprint density at radius 3 is 2.47 bits per heavy atom. The van der Waals surface area contributed by atoms with Gasteiger partial charge in [0.05, 0.1) is 0 Å². The molecule has 0 aromatic heterocycles. The first-order valence-corrected chi connectivity index (χ1v) is 7.59. The summed E-state index contributed by atoms with van der Waals surface area (Å²) in [7, 11) is 0. The molecule has 0 spiro atoms. The predicted molar refractivity (Wildman–Crippen MR) is 86.7 cm³/mol. The van der Waals surface area contributed by atoms with Crippen LogP contribution in [0.25, 0.3) is 0 Å². The standard InChI is InChI=1S/C17H30N2/c1-6-7-8-15-10-13(4)16(18)11-17(15)19-14(5)9-12(2)3/h10-12,14,19H,6-9,18H2,1-5H3. The highest BCUT2D eigenvalue weighted by Gasteiger charge is 2.10. The lowest BCUT2D eigenvalue weighted by atomic mass is 10.00. The molecule has 0 aliphatic carbocycles. The smallest absolute Gasteiger partial charge is 0.0395 e. The Labute approximate surface area is 118 Å². The summed E-state index contributed by atoms with van der Waals surface area (Å²) >= 11 is 0. The van der Waals surface area contributed by atoms with Gasteiger partial charge in [-0.15, -0.1) is 0 Å². The van der Waals surface area contributed by atoms with Crippen LogP contribution < -0.4 is 11.1 Å². The molecule has 3 N–H and O–H groups in total. The maximum absolute atomic E-state index is 6.06. The Morgan fingerprint density at radius 2 is 1.89 bits per heavy atom. The van der Waals surface area contributed by atoms with Crippen LogP contribution in [0.1, 0.15) is 58.1 Å². The molecule has 108 valence electrons. The van der Waals surface area contributed by atoms with Gasteiger partial charge >= 0.3 is 0 Å². The fraction of sp³-hybridized carbons (Fsp3) is 0.647. The van der Waals surface area contributed by atoms with E-state index in [1.165, 1.54) is 36.1 Å². The Bertz CT molecular complexity index is 396. The van der Waals surface area contributed by atoms with Crippen LogP contribution in [0.5, 0.6) is 0 Å². The topological polar surface area (TPSA) is 38.0 Å². The lowest BCUT2D eigenvalue weighted by molar-refractivity contribution is 0.539. The highest BCUT2D eigenvalue weighted by molar-refractivity contribution is 5.63. The summed E-state index contributed by atoms with van der Waals surface area (Å²) in [5.41, 5.74) is 10.8. The fourth-order valence-corrected chi connectivity index (χ4v) is 2.52. The first kappa shape index (κ1) is 15.9. The Kier molecular flexibility index (Phi) is 6.20. The number of nitrogens with one attached hydrogen (secondary N) is 1. The summed E-state index contributed by atoms with van der Waals surface area (Å²) < 4.78 is 0. The summed E-state index contributed by atoms with van der Waals surface area (Å²) in [6, 6.07) is 4.84. The molecule has 1 aromatic carbocycles. The number of rotatable bonds is 7. The fourth-order valence-electron chi connectivity index (χ4n) is 2.52. The van der Waals surface area contributed by atoms with Gasteiger partial charge in [0.25, 0.3) is 0 Å². The lowest BCUT2D eigenvalue weighted by Gasteiger charge is -2.21. The van der Waals surface area contributed by atoms with Crippen LogP contribution in [0, 0.1) is 12.8 Å². The zero-order valence-corrected chi connectivity index (χ0v) is 13.2. The number of nitrogens with two attached hydrogens (primary N) is 1. The highest BCUT2D eigenvalue weighted by atomic mass is 14.9. The molecule has 1 aromatic rings. The van der Waals surface area contributed by atoms with E-state index in [4.69, 9.17) is 5.73 Å². The molecule has 1 unspecified atom stereocenters. The number of hydrogen-bond acceptors (Lipinski definition) is 2. The van der Waals surface area contributed by atoms with Crippen LogP contribution in [0.4, 0.5) is 11.4 Å². The number of hydrogen-bond donors (Lipinski definition) is 2. The van der Waals surface area contributed by atoms with E-state index in [0.29, 0.717) is 12.0 Å². The van der Waals surface area contributed by atoms with Crippen molar-refractivity contribution in [3.05, 3.63) is 23.3 Å². The number of nitrogen functional groups attached to an aromatic ring is 1. The van der Waals surface area contributed by atoms with Crippen LogP contribution in [-0.2, 0) is 6.42 Å². The van der Waals surface area contributed by atoms with Gasteiger partial charge < -0.3 is 11.1 Å². The molecule has 0 aliphatic rings. The molecule has 0 amide bonds. The third-order valence-electron chi connectivity index (χ3n) is 3.52. The second-order valence-electron chi connectivity index (χ2n) is 6.14. The van der Waals surface area contributed by atoms with Crippen molar-refractivity contribution in [2.75, 3.05) is 11.1 Å². The van der Waals surface area contributed by atoms with E-state index < -0.39 is 0 Å². The third-order valence-corrected chi connectivity index (χ3v) is 3.52. The second kappa shape index (κ2) is 7.42. The van der Waals surface area contributed by atoms with Gasteiger partial charge in [-0.2, -0.15) is 0 Å². The molecular weight excluding hydrogens is 232 g/mol. The Hall–Kier alpha value is -1.18. The molecule has 1 atom stereocenters. The van der Waals surface area contributed by atoms with Crippen molar-refractivity contribution in [1.82, 2.24) is 0 Å². The van der Waals surface area contributed by atoms with Crippen LogP contribution in [0.3, 0.4) is 0 Å². The summed E-state index contributed by atoms with van der Waals surface area (Å²) in [6.45, 7) is 11.1. The normalized spacial score (nSPS) is 12.7. The summed E-state index contributed by atoms with van der Waals surface area (Å²) in [6.07, 6.45) is 4.77. The van der Waals surface area contributed by atoms with Crippen molar-refractivity contribution in [2.24, 2.45) is 5.92 Å². The van der Waals surface area contributed by atoms with E-state index in [-0.39, 0.29) is 0 Å². The average Bonchev–Trinajstić information content (AvgIpc) is 2.30. The number of unbranched alkanes of at least 4 members (excludes halogenated alkanes) is 1. The van der Waals surface area contributed by atoms with Crippen LogP contribution >= 0.6 is 0 Å². The second-order valence-corrected chi connectivity index (χ2v) is 6.14. The minimum Gasteiger partial charge on any atom is -0.398 e. The van der Waals surface area contributed by atoms with Gasteiger partial charge in [0.2, 0.25) is 0 Å². The predicted octanol–water partition coefficient (Wildman–Crippen LogP) is 4.77. The molecular formula is C17H30N2. The molecule has 0 saturated carbocycles. The molecule has 0 heterocycles. The monoisotopic (exact) mass is 262 g/mol. The molecule has 0 aliphatic heterocycles. The van der Waals surface area contributed by atoms with Crippen molar-refractivity contribution >= 4 is 11.4 Å². The van der Waals surface area contributed by atoms with Crippen molar-refractivity contribution in [2.45, 2.75) is 66.3 Å². The molecule has 19 heavy (non-hydrogen) atoms. The van der Waals surface area contributed by atoms with Crippen LogP contribution in [-0.4, -0.2) is 6.04 Å². The van der Waals surface area contributed by atoms with Gasteiger partial charge in [-0.25, -0.2) is 0 Å². The lowest BCUT2D eigenvalue weighted by Crippen LogP contribution is -2.18. The Morgan fingerprint density at radius 1 is 1.21 bits per heavy atom. The molecule has 0 bridgehead atoms. The highest BCUT2D eigenvalue weighted by Crippen LogP contribution is 2.26. The van der Waals surface area contributed by atoms with Crippen molar-refractivity contribution in [3.8, 4) is 0 Å². The zero-order valence-electron chi connectivity index (χ0n) is 13.2. The van der Waals surface area contributed by atoms with Gasteiger partial charge in [-0.3, -0.25) is 0 Å². The van der Waals surface area contributed by atoms with Crippen molar-refractivity contribution in [1.29, 1.82) is 0 Å². The van der Waals surface area contributed by atoms with Crippen LogP contribution in [0.15, 0.2) is 12.1 Å². The van der Waals surface area contributed by atoms with Crippen molar-refractivity contribution in [3.63, 3.8) is 0 Å². The first-order chi connectivity index (χ1) is 8.93. The van der Waals surface area contributed by atoms with E-state index in [2.05, 4.69) is 52.1 Å². The number of benzene rings is 1. The quantitative estimate of drug-likeness (QED) is 0.695. The summed E-state index contributed by atoms with van der Waals surface area (Å²) in [4.78, 5) is 0. The van der Waals surface area contributed by atoms with Gasteiger partial charge in [-0.05, 0) is 56.2 Å². The molecule has 1 rings (SSSR count). The maximum Gasteiger partial charge on any atom is 0.0395 e. The molecule has 2 nitrogen and oxygen atoms in total. The zero-order chi connectivity index (χ0) is 14.4. The van der Waals surface area contributed by atoms with Gasteiger partial charge in [0, 0.05) is 17.4 Å². The average molecular weight is 262 g/mol. The minimum absolute atomic E-state index is 0.488. The molecule has 0 fully saturated rings. The maximum atomic E-state index is 6.06. The largest absolute Gasteiger partial charge is 0.398 e. The van der Waals surface area contributed by atoms with E-state index in [9.17, 15) is 0 Å². The summed E-state index contributed by atoms with van der Waals surface area (Å²) in [5.74, 6) is 0.712. The Balaban J connectivity index is 2.87. The first-order valence-electron chi connectivity index (χ1n) is 7.59. The molecule has 0 saturated heterocycles. The van der Waals surface area contributed by atoms with Crippen molar-refractivity contribution < 1.29 is 0 Å². The summed E-state index contributed by atoms with van der Waals surface area (Å²) in [5, 5.41) is 3.64. The van der Waals surface area contributed by atoms with E-state index in [0.717, 1.165) is 12.1 Å². The van der Waals surface area contributed by atoms with E-state index in [1.807, 2.05) is 0 Å². The van der Waals surface area contributed by atoms with E-state index in [1.54, 1.807) is 0 Å².